The van der Waals surface area contributed by atoms with Gasteiger partial charge >= 0.3 is 0 Å². The number of hydrogen-bond acceptors (Lipinski definition) is 4. The van der Waals surface area contributed by atoms with E-state index in [9.17, 15) is 4.79 Å². The zero-order valence-electron chi connectivity index (χ0n) is 10.9. The Labute approximate surface area is 107 Å². The predicted octanol–water partition coefficient (Wildman–Crippen LogP) is -0.242. The maximum Gasteiger partial charge on any atom is 0.234 e. The Balaban J connectivity index is 2.28. The molecule has 2 rings (SSSR count). The van der Waals surface area contributed by atoms with Crippen molar-refractivity contribution in [3.63, 3.8) is 0 Å². The third kappa shape index (κ3) is 2.39. The molecule has 3 atom stereocenters. The van der Waals surface area contributed by atoms with E-state index in [2.05, 4.69) is 10.00 Å². The van der Waals surface area contributed by atoms with E-state index < -0.39 is 0 Å². The zero-order valence-corrected chi connectivity index (χ0v) is 10.9. The van der Waals surface area contributed by atoms with Gasteiger partial charge in [0.15, 0.2) is 0 Å². The van der Waals surface area contributed by atoms with Crippen LogP contribution >= 0.6 is 0 Å². The van der Waals surface area contributed by atoms with E-state index in [1.165, 1.54) is 0 Å². The Morgan fingerprint density at radius 1 is 1.61 bits per heavy atom. The van der Waals surface area contributed by atoms with Crippen molar-refractivity contribution in [3.05, 3.63) is 18.0 Å². The van der Waals surface area contributed by atoms with Crippen molar-refractivity contribution >= 4 is 5.91 Å². The van der Waals surface area contributed by atoms with Crippen LogP contribution in [0.1, 0.15) is 31.4 Å². The van der Waals surface area contributed by atoms with Gasteiger partial charge in [0.2, 0.25) is 5.91 Å². The molecule has 0 radical (unpaired) electrons. The number of nitrogens with two attached hydrogens (primary N) is 2. The van der Waals surface area contributed by atoms with Crippen LogP contribution < -0.4 is 11.5 Å². The highest BCUT2D eigenvalue weighted by atomic mass is 16.1. The summed E-state index contributed by atoms with van der Waals surface area (Å²) in [7, 11) is 1.87. The van der Waals surface area contributed by atoms with Gasteiger partial charge in [-0.05, 0) is 26.3 Å². The summed E-state index contributed by atoms with van der Waals surface area (Å²) in [6.07, 6.45) is 5.56. The van der Waals surface area contributed by atoms with Crippen molar-refractivity contribution in [3.8, 4) is 0 Å². The molecule has 0 saturated carbocycles. The number of carbonyl (C=O) groups is 1. The van der Waals surface area contributed by atoms with Crippen molar-refractivity contribution < 1.29 is 4.79 Å². The second kappa shape index (κ2) is 5.07. The summed E-state index contributed by atoms with van der Waals surface area (Å²) >= 11 is 0. The van der Waals surface area contributed by atoms with Crippen molar-refractivity contribution in [2.75, 3.05) is 6.54 Å². The normalized spacial score (nSPS) is 24.1. The monoisotopic (exact) mass is 251 g/mol. The molecular weight excluding hydrogens is 230 g/mol. The minimum absolute atomic E-state index is 0.00120. The molecule has 18 heavy (non-hydrogen) atoms. The maximum atomic E-state index is 11.5. The van der Waals surface area contributed by atoms with Crippen LogP contribution in [0.15, 0.2) is 12.4 Å². The number of aromatic nitrogens is 2. The van der Waals surface area contributed by atoms with E-state index in [1.807, 2.05) is 26.4 Å². The first-order valence-corrected chi connectivity index (χ1v) is 6.30. The molecule has 1 aliphatic rings. The molecule has 1 aliphatic heterocycles. The molecule has 3 unspecified atom stereocenters. The van der Waals surface area contributed by atoms with E-state index in [1.54, 1.807) is 4.68 Å². The quantitative estimate of drug-likeness (QED) is 0.772. The second-order valence-corrected chi connectivity index (χ2v) is 5.05. The third-order valence-electron chi connectivity index (χ3n) is 3.54. The van der Waals surface area contributed by atoms with Gasteiger partial charge in [-0.25, -0.2) is 0 Å². The highest BCUT2D eigenvalue weighted by molar-refractivity contribution is 5.80. The van der Waals surface area contributed by atoms with Gasteiger partial charge in [0, 0.05) is 24.8 Å². The molecule has 1 fully saturated rings. The summed E-state index contributed by atoms with van der Waals surface area (Å²) in [5, 5.41) is 4.18. The summed E-state index contributed by atoms with van der Waals surface area (Å²) in [5.41, 5.74) is 12.6. The number of amides is 1. The molecule has 4 N–H and O–H groups in total. The molecule has 100 valence electrons. The smallest absolute Gasteiger partial charge is 0.234 e. The Morgan fingerprint density at radius 3 is 2.83 bits per heavy atom. The van der Waals surface area contributed by atoms with E-state index >= 15 is 0 Å². The van der Waals surface area contributed by atoms with Gasteiger partial charge in [-0.3, -0.25) is 14.4 Å². The van der Waals surface area contributed by atoms with Crippen molar-refractivity contribution in [2.24, 2.45) is 18.5 Å². The first-order valence-electron chi connectivity index (χ1n) is 6.30. The lowest BCUT2D eigenvalue weighted by atomic mass is 10.0. The van der Waals surface area contributed by atoms with Crippen LogP contribution in [0.2, 0.25) is 0 Å². The minimum atomic E-state index is -0.262. The fourth-order valence-corrected chi connectivity index (χ4v) is 2.82. The molecule has 6 heteroatoms. The molecule has 2 heterocycles. The molecule has 1 amide bonds. The van der Waals surface area contributed by atoms with Crippen LogP contribution in [-0.2, 0) is 11.8 Å². The fraction of sp³-hybridized carbons (Fsp3) is 0.667. The Bertz CT molecular complexity index is 428. The Hall–Kier alpha value is -1.40. The highest BCUT2D eigenvalue weighted by Gasteiger charge is 2.36. The number of nitrogens with zero attached hydrogens (tertiary/aromatic N) is 3. The van der Waals surface area contributed by atoms with Gasteiger partial charge in [-0.2, -0.15) is 5.10 Å². The number of hydrogen-bond donors (Lipinski definition) is 2. The number of carbonyl (C=O) groups excluding carboxylic acids is 1. The second-order valence-electron chi connectivity index (χ2n) is 5.05. The molecule has 1 aromatic rings. The summed E-state index contributed by atoms with van der Waals surface area (Å²) < 4.78 is 1.75. The van der Waals surface area contributed by atoms with Gasteiger partial charge in [-0.1, -0.05) is 0 Å². The Kier molecular flexibility index (Phi) is 3.68. The first-order chi connectivity index (χ1) is 8.50. The van der Waals surface area contributed by atoms with Crippen LogP contribution in [0, 0.1) is 0 Å². The minimum Gasteiger partial charge on any atom is -0.368 e. The van der Waals surface area contributed by atoms with Gasteiger partial charge in [0.05, 0.1) is 18.3 Å². The van der Waals surface area contributed by atoms with E-state index in [-0.39, 0.29) is 24.0 Å². The fourth-order valence-electron chi connectivity index (χ4n) is 2.82. The maximum absolute atomic E-state index is 11.5. The molecule has 1 saturated heterocycles. The summed E-state index contributed by atoms with van der Waals surface area (Å²) in [6.45, 7) is 2.81. The first kappa shape index (κ1) is 13.0. The lowest BCUT2D eigenvalue weighted by Gasteiger charge is -2.33. The van der Waals surface area contributed by atoms with Crippen LogP contribution in [0.25, 0.3) is 0 Å². The number of aryl methyl sites for hydroxylation is 1. The van der Waals surface area contributed by atoms with Crippen molar-refractivity contribution in [2.45, 2.75) is 37.9 Å². The lowest BCUT2D eigenvalue weighted by Crippen LogP contribution is -2.47. The molecule has 0 aliphatic carbocycles. The zero-order chi connectivity index (χ0) is 13.3. The number of rotatable bonds is 4. The van der Waals surface area contributed by atoms with Gasteiger partial charge in [-0.15, -0.1) is 0 Å². The van der Waals surface area contributed by atoms with Crippen molar-refractivity contribution in [1.29, 1.82) is 0 Å². The highest BCUT2D eigenvalue weighted by Crippen LogP contribution is 2.30. The SMILES string of the molecule is CC(N)C(c1cnn(C)c1)N1CCCC1C(N)=O. The third-order valence-corrected chi connectivity index (χ3v) is 3.54. The summed E-state index contributed by atoms with van der Waals surface area (Å²) in [4.78, 5) is 13.6. The van der Waals surface area contributed by atoms with Gasteiger partial charge < -0.3 is 11.5 Å². The van der Waals surface area contributed by atoms with E-state index in [4.69, 9.17) is 11.5 Å². The Morgan fingerprint density at radius 2 is 2.33 bits per heavy atom. The van der Waals surface area contributed by atoms with Crippen molar-refractivity contribution in [1.82, 2.24) is 14.7 Å². The molecule has 0 spiro atoms. The predicted molar refractivity (Wildman–Crippen MR) is 68.5 cm³/mol. The van der Waals surface area contributed by atoms with Crippen LogP contribution in [0.4, 0.5) is 0 Å². The largest absolute Gasteiger partial charge is 0.368 e. The molecule has 6 nitrogen and oxygen atoms in total. The van der Waals surface area contributed by atoms with Gasteiger partial charge in [0.1, 0.15) is 0 Å². The average molecular weight is 251 g/mol. The molecular formula is C12H21N5O. The van der Waals surface area contributed by atoms with Crippen LogP contribution in [0.5, 0.6) is 0 Å². The topological polar surface area (TPSA) is 90.2 Å². The molecule has 1 aromatic heterocycles. The van der Waals surface area contributed by atoms with Gasteiger partial charge in [0.25, 0.3) is 0 Å². The lowest BCUT2D eigenvalue weighted by molar-refractivity contribution is -0.123. The summed E-state index contributed by atoms with van der Waals surface area (Å²) in [6, 6.07) is -0.283. The summed E-state index contributed by atoms with van der Waals surface area (Å²) in [5.74, 6) is -0.262. The van der Waals surface area contributed by atoms with Crippen LogP contribution in [-0.4, -0.2) is 39.2 Å². The standard InChI is InChI=1S/C12H21N5O/c1-8(13)11(9-6-15-16(2)7-9)17-5-3-4-10(17)12(14)18/h6-8,10-11H,3-5,13H2,1-2H3,(H2,14,18). The number of primary amides is 1. The van der Waals surface area contributed by atoms with Crippen LogP contribution in [0.3, 0.4) is 0 Å². The van der Waals surface area contributed by atoms with E-state index in [0.29, 0.717) is 0 Å². The number of likely N-dealkylation sites (tertiary alicyclic amines) is 1. The molecule has 0 bridgehead atoms. The molecule has 0 aromatic carbocycles. The van der Waals surface area contributed by atoms with E-state index in [0.717, 1.165) is 24.9 Å². The average Bonchev–Trinajstić information content (AvgIpc) is 2.88.